The number of hydrogen-bond acceptors (Lipinski definition) is 2. The van der Waals surface area contributed by atoms with E-state index in [4.69, 9.17) is 15.8 Å². The van der Waals surface area contributed by atoms with Gasteiger partial charge >= 0.3 is 5.97 Å². The zero-order chi connectivity index (χ0) is 18.6. The van der Waals surface area contributed by atoms with Crippen LogP contribution in [0.4, 0.5) is 0 Å². The Kier molecular flexibility index (Phi) is 6.20. The molecule has 3 rings (SSSR count). The fraction of sp³-hybridized carbons (Fsp3) is 0.409. The van der Waals surface area contributed by atoms with Crippen molar-refractivity contribution in [1.82, 2.24) is 0 Å². The zero-order valence-corrected chi connectivity index (χ0v) is 17.4. The third-order valence-electron chi connectivity index (χ3n) is 5.03. The van der Waals surface area contributed by atoms with Crippen LogP contribution in [0.5, 0.6) is 0 Å². The van der Waals surface area contributed by atoms with Gasteiger partial charge in [0, 0.05) is 12.3 Å². The van der Waals surface area contributed by atoms with E-state index in [1.54, 1.807) is 0 Å². The number of carbonyl (C=O) groups is 1. The third kappa shape index (κ3) is 4.77. The van der Waals surface area contributed by atoms with Crippen LogP contribution >= 0.6 is 11.1 Å². The van der Waals surface area contributed by atoms with Gasteiger partial charge in [0.2, 0.25) is 0 Å². The molecule has 0 heterocycles. The first-order chi connectivity index (χ1) is 12.5. The number of benzene rings is 2. The highest BCUT2D eigenvalue weighted by molar-refractivity contribution is 7.19. The van der Waals surface area contributed by atoms with Gasteiger partial charge in [-0.05, 0) is 34.7 Å². The summed E-state index contributed by atoms with van der Waals surface area (Å²) in [6, 6.07) is 17.9. The molecule has 0 saturated carbocycles. The minimum atomic E-state index is -1.48. The van der Waals surface area contributed by atoms with Crippen molar-refractivity contribution < 1.29 is 9.53 Å². The van der Waals surface area contributed by atoms with Gasteiger partial charge in [-0.15, -0.1) is 0 Å². The summed E-state index contributed by atoms with van der Waals surface area (Å²) in [6.45, 7) is 4.76. The molecule has 0 aromatic heterocycles. The van der Waals surface area contributed by atoms with Gasteiger partial charge in [-0.25, -0.2) is 0 Å². The second-order valence-corrected chi connectivity index (χ2v) is 14.7. The Morgan fingerprint density at radius 1 is 0.962 bits per heavy atom. The Morgan fingerprint density at radius 2 is 1.54 bits per heavy atom. The van der Waals surface area contributed by atoms with Crippen LogP contribution in [0, 0.1) is 0 Å². The average molecular weight is 387 g/mol. The number of esters is 1. The summed E-state index contributed by atoms with van der Waals surface area (Å²) < 4.78 is 5.63. The van der Waals surface area contributed by atoms with Crippen LogP contribution in [0.15, 0.2) is 48.5 Å². The van der Waals surface area contributed by atoms with Crippen molar-refractivity contribution in [2.45, 2.75) is 50.7 Å². The molecule has 0 bridgehead atoms. The van der Waals surface area contributed by atoms with Gasteiger partial charge in [0.15, 0.2) is 0 Å². The number of ether oxygens (including phenoxy) is 1. The molecule has 0 N–H and O–H groups in total. The van der Waals surface area contributed by atoms with Crippen LogP contribution in [0.25, 0.3) is 11.1 Å². The number of carbonyl (C=O) groups excluding carboxylic acids is 1. The minimum absolute atomic E-state index is 0.0887. The predicted octanol–water partition coefficient (Wildman–Crippen LogP) is 6.35. The van der Waals surface area contributed by atoms with Gasteiger partial charge in [0.1, 0.15) is 14.0 Å². The van der Waals surface area contributed by atoms with Crippen LogP contribution in [0.2, 0.25) is 19.1 Å². The first-order valence-electron chi connectivity index (χ1n) is 9.48. The molecule has 4 heteroatoms. The maximum atomic E-state index is 12.1. The predicted molar refractivity (Wildman–Crippen MR) is 111 cm³/mol. The fourth-order valence-electron chi connectivity index (χ4n) is 3.68. The van der Waals surface area contributed by atoms with E-state index in [0.717, 1.165) is 25.3 Å². The van der Waals surface area contributed by atoms with E-state index in [9.17, 15) is 4.79 Å². The molecule has 0 amide bonds. The molecule has 0 radical (unpaired) electrons. The van der Waals surface area contributed by atoms with Crippen molar-refractivity contribution in [3.63, 3.8) is 0 Å². The first kappa shape index (κ1) is 19.2. The van der Waals surface area contributed by atoms with E-state index >= 15 is 0 Å². The smallest absolute Gasteiger partial charge is 0.305 e. The highest BCUT2D eigenvalue weighted by Gasteiger charge is 2.28. The average Bonchev–Trinajstić information content (AvgIpc) is 2.93. The number of unbranched alkanes of at least 4 members (excludes halogenated alkanes) is 2. The molecule has 26 heavy (non-hydrogen) atoms. The highest BCUT2D eigenvalue weighted by atomic mass is 35.6. The largest absolute Gasteiger partial charge is 0.465 e. The molecular weight excluding hydrogens is 360 g/mol. The Morgan fingerprint density at radius 3 is 2.12 bits per heavy atom. The topological polar surface area (TPSA) is 26.3 Å². The van der Waals surface area contributed by atoms with Crippen LogP contribution in [0.1, 0.15) is 42.7 Å². The monoisotopic (exact) mass is 386 g/mol. The molecule has 1 aliphatic carbocycles. The lowest BCUT2D eigenvalue weighted by molar-refractivity contribution is -0.144. The number of rotatable bonds is 8. The third-order valence-corrected chi connectivity index (χ3v) is 7.14. The molecule has 2 nitrogen and oxygen atoms in total. The van der Waals surface area contributed by atoms with Crippen LogP contribution < -0.4 is 0 Å². The van der Waals surface area contributed by atoms with Crippen LogP contribution in [-0.4, -0.2) is 20.0 Å². The summed E-state index contributed by atoms with van der Waals surface area (Å²) in [7, 11) is -1.48. The zero-order valence-electron chi connectivity index (χ0n) is 15.6. The Bertz CT molecular complexity index is 721. The van der Waals surface area contributed by atoms with Gasteiger partial charge < -0.3 is 4.74 Å². The summed E-state index contributed by atoms with van der Waals surface area (Å²) in [6.07, 6.45) is 3.55. The van der Waals surface area contributed by atoms with Gasteiger partial charge in [0.25, 0.3) is 0 Å². The lowest BCUT2D eigenvalue weighted by Crippen LogP contribution is -2.15. The summed E-state index contributed by atoms with van der Waals surface area (Å²) in [5, 5.41) is 0. The van der Waals surface area contributed by atoms with Gasteiger partial charge in [-0.2, -0.15) is 11.1 Å². The maximum absolute atomic E-state index is 12.1. The SMILES string of the molecule is C[Si](C)(Cl)CCCCCC(=O)OCC1c2ccccc2-c2ccccc21. The Hall–Kier alpha value is -1.58. The molecule has 0 aliphatic heterocycles. The maximum Gasteiger partial charge on any atom is 0.305 e. The van der Waals surface area contributed by atoms with E-state index in [1.807, 2.05) is 0 Å². The lowest BCUT2D eigenvalue weighted by Gasteiger charge is -2.14. The van der Waals surface area contributed by atoms with E-state index < -0.39 is 7.38 Å². The summed E-state index contributed by atoms with van der Waals surface area (Å²) in [5.41, 5.74) is 5.04. The fourth-order valence-corrected chi connectivity index (χ4v) is 5.17. The minimum Gasteiger partial charge on any atom is -0.465 e. The second kappa shape index (κ2) is 8.41. The van der Waals surface area contributed by atoms with Crippen molar-refractivity contribution in [3.05, 3.63) is 59.7 Å². The van der Waals surface area contributed by atoms with Gasteiger partial charge in [0.05, 0.1) is 0 Å². The van der Waals surface area contributed by atoms with Gasteiger partial charge in [-0.3, -0.25) is 4.79 Å². The molecule has 2 aromatic carbocycles. The van der Waals surface area contributed by atoms with Crippen molar-refractivity contribution >= 4 is 24.4 Å². The molecule has 2 aromatic rings. The van der Waals surface area contributed by atoms with Gasteiger partial charge in [-0.1, -0.05) is 74.5 Å². The van der Waals surface area contributed by atoms with E-state index in [2.05, 4.69) is 61.6 Å². The van der Waals surface area contributed by atoms with E-state index in [1.165, 1.54) is 22.3 Å². The standard InChI is InChI=1S/C22H27ClO2Si/c1-26(2,23)15-9-3-4-14-22(24)25-16-21-19-12-7-5-10-17(19)18-11-6-8-13-20(18)21/h5-8,10-13,21H,3-4,9,14-16H2,1-2H3. The van der Waals surface area contributed by atoms with Crippen molar-refractivity contribution in [3.8, 4) is 11.1 Å². The number of hydrogen-bond donors (Lipinski definition) is 0. The molecule has 138 valence electrons. The van der Waals surface area contributed by atoms with E-state index in [0.29, 0.717) is 13.0 Å². The Labute approximate surface area is 162 Å². The molecular formula is C22H27ClO2Si. The van der Waals surface area contributed by atoms with Crippen LogP contribution in [0.3, 0.4) is 0 Å². The highest BCUT2D eigenvalue weighted by Crippen LogP contribution is 2.44. The van der Waals surface area contributed by atoms with Crippen LogP contribution in [-0.2, 0) is 9.53 Å². The lowest BCUT2D eigenvalue weighted by atomic mass is 9.98. The quantitative estimate of drug-likeness (QED) is 0.229. The van der Waals surface area contributed by atoms with E-state index in [-0.39, 0.29) is 11.9 Å². The Balaban J connectivity index is 1.51. The summed E-state index contributed by atoms with van der Waals surface area (Å²) >= 11 is 6.33. The first-order valence-corrected chi connectivity index (χ1v) is 13.7. The molecule has 0 atom stereocenters. The summed E-state index contributed by atoms with van der Waals surface area (Å²) in [4.78, 5) is 12.1. The van der Waals surface area contributed by atoms with Crippen molar-refractivity contribution in [2.75, 3.05) is 6.61 Å². The molecule has 0 spiro atoms. The molecule has 0 fully saturated rings. The number of fused-ring (bicyclic) bond motifs is 3. The summed E-state index contributed by atoms with van der Waals surface area (Å²) in [5.74, 6) is 0.0589. The van der Waals surface area contributed by atoms with Crippen molar-refractivity contribution in [2.24, 2.45) is 0 Å². The second-order valence-electron chi connectivity index (χ2n) is 7.69. The molecule has 1 aliphatic rings. The van der Waals surface area contributed by atoms with Crippen molar-refractivity contribution in [1.29, 1.82) is 0 Å². The molecule has 0 saturated heterocycles. The number of halogens is 1. The molecule has 0 unspecified atom stereocenters. The normalized spacial score (nSPS) is 13.3.